The normalized spacial score (nSPS) is 13.1. The summed E-state index contributed by atoms with van der Waals surface area (Å²) in [7, 11) is 0. The van der Waals surface area contributed by atoms with E-state index in [1.54, 1.807) is 6.92 Å². The average Bonchev–Trinajstić information content (AvgIpc) is 1.84. The quantitative estimate of drug-likeness (QED) is 0.676. The summed E-state index contributed by atoms with van der Waals surface area (Å²) in [6, 6.07) is 0.382. The lowest BCUT2D eigenvalue weighted by Crippen LogP contribution is -2.33. The molecule has 1 atom stereocenters. The molecule has 0 aliphatic carbocycles. The van der Waals surface area contributed by atoms with Gasteiger partial charge in [0.1, 0.15) is 0 Å². The van der Waals surface area contributed by atoms with Gasteiger partial charge in [-0.2, -0.15) is 0 Å². The fraction of sp³-hybridized carbons (Fsp3) is 0.900. The Labute approximate surface area is 75.7 Å². The van der Waals surface area contributed by atoms with Crippen LogP contribution in [0.15, 0.2) is 0 Å². The van der Waals surface area contributed by atoms with E-state index in [0.717, 1.165) is 19.3 Å². The Hall–Kier alpha value is -0.530. The van der Waals surface area contributed by atoms with Crippen LogP contribution in [0.2, 0.25) is 0 Å². The minimum absolute atomic E-state index is 0.0918. The van der Waals surface area contributed by atoms with Gasteiger partial charge in [-0.25, -0.2) is 0 Å². The van der Waals surface area contributed by atoms with E-state index in [1.807, 2.05) is 0 Å². The Morgan fingerprint density at radius 3 is 2.33 bits per heavy atom. The zero-order valence-corrected chi connectivity index (χ0v) is 8.68. The Morgan fingerprint density at radius 1 is 1.42 bits per heavy atom. The monoisotopic (exact) mass is 171 g/mol. The lowest BCUT2D eigenvalue weighted by molar-refractivity contribution is -0.119. The summed E-state index contributed by atoms with van der Waals surface area (Å²) >= 11 is 0. The van der Waals surface area contributed by atoms with Crippen LogP contribution < -0.4 is 5.32 Å². The van der Waals surface area contributed by atoms with Crippen LogP contribution in [0.3, 0.4) is 0 Å². The second-order valence-corrected chi connectivity index (χ2v) is 3.82. The third kappa shape index (κ3) is 6.20. The molecule has 0 aromatic rings. The number of rotatable bonds is 5. The van der Waals surface area contributed by atoms with Gasteiger partial charge < -0.3 is 5.32 Å². The highest BCUT2D eigenvalue weighted by Crippen LogP contribution is 2.09. The Bertz CT molecular complexity index is 132. The lowest BCUT2D eigenvalue weighted by atomic mass is 10.00. The molecule has 0 radical (unpaired) electrons. The molecule has 1 unspecified atom stereocenters. The largest absolute Gasteiger partial charge is 0.354 e. The first-order valence-electron chi connectivity index (χ1n) is 4.83. The zero-order chi connectivity index (χ0) is 9.56. The second-order valence-electron chi connectivity index (χ2n) is 3.82. The van der Waals surface area contributed by atoms with Crippen LogP contribution in [0.1, 0.15) is 47.0 Å². The van der Waals surface area contributed by atoms with E-state index in [4.69, 9.17) is 0 Å². The van der Waals surface area contributed by atoms with E-state index in [9.17, 15) is 4.79 Å². The van der Waals surface area contributed by atoms with E-state index >= 15 is 0 Å². The summed E-state index contributed by atoms with van der Waals surface area (Å²) in [5.74, 6) is 0.752. The molecule has 0 heterocycles. The minimum atomic E-state index is 0.0918. The predicted octanol–water partition coefficient (Wildman–Crippen LogP) is 2.34. The molecular weight excluding hydrogens is 150 g/mol. The molecule has 0 bridgehead atoms. The van der Waals surface area contributed by atoms with Crippen molar-refractivity contribution in [3.63, 3.8) is 0 Å². The highest BCUT2D eigenvalue weighted by Gasteiger charge is 2.09. The topological polar surface area (TPSA) is 29.1 Å². The second kappa shape index (κ2) is 6.04. The average molecular weight is 171 g/mol. The molecule has 0 fully saturated rings. The van der Waals surface area contributed by atoms with Gasteiger partial charge in [-0.3, -0.25) is 4.79 Å². The van der Waals surface area contributed by atoms with Gasteiger partial charge in [0.15, 0.2) is 0 Å². The van der Waals surface area contributed by atoms with Gasteiger partial charge in [0, 0.05) is 13.0 Å². The molecule has 72 valence electrons. The summed E-state index contributed by atoms with van der Waals surface area (Å²) in [6.45, 7) is 8.10. The number of nitrogens with one attached hydrogen (secondary N) is 1. The first kappa shape index (κ1) is 11.5. The molecule has 2 heteroatoms. The molecule has 0 rings (SSSR count). The number of hydrogen-bond acceptors (Lipinski definition) is 1. The van der Waals surface area contributed by atoms with E-state index in [0.29, 0.717) is 12.0 Å². The predicted molar refractivity (Wildman–Crippen MR) is 52.0 cm³/mol. The molecule has 0 saturated heterocycles. The molecular formula is C10H21NO. The Kier molecular flexibility index (Phi) is 5.77. The van der Waals surface area contributed by atoms with Crippen molar-refractivity contribution in [3.05, 3.63) is 0 Å². The first-order valence-corrected chi connectivity index (χ1v) is 4.83. The minimum Gasteiger partial charge on any atom is -0.354 e. The molecule has 0 aliphatic heterocycles. The van der Waals surface area contributed by atoms with Crippen LogP contribution in [-0.2, 0) is 4.79 Å². The van der Waals surface area contributed by atoms with Crippen molar-refractivity contribution in [2.45, 2.75) is 53.0 Å². The van der Waals surface area contributed by atoms with Crippen LogP contribution >= 0.6 is 0 Å². The zero-order valence-electron chi connectivity index (χ0n) is 8.68. The molecule has 0 aromatic heterocycles. The summed E-state index contributed by atoms with van der Waals surface area (Å²) < 4.78 is 0. The number of carbonyl (C=O) groups excluding carboxylic acids is 1. The third-order valence-electron chi connectivity index (χ3n) is 1.80. The van der Waals surface area contributed by atoms with Crippen molar-refractivity contribution in [2.75, 3.05) is 0 Å². The smallest absolute Gasteiger partial charge is 0.217 e. The van der Waals surface area contributed by atoms with Gasteiger partial charge >= 0.3 is 0 Å². The van der Waals surface area contributed by atoms with Crippen LogP contribution in [0.25, 0.3) is 0 Å². The molecule has 1 amide bonds. The molecule has 0 saturated carbocycles. The number of hydrogen-bond donors (Lipinski definition) is 1. The van der Waals surface area contributed by atoms with Crippen molar-refractivity contribution in [3.8, 4) is 0 Å². The van der Waals surface area contributed by atoms with Gasteiger partial charge in [-0.1, -0.05) is 27.2 Å². The maximum Gasteiger partial charge on any atom is 0.217 e. The molecule has 1 N–H and O–H groups in total. The Balaban J connectivity index is 3.77. The van der Waals surface area contributed by atoms with Crippen molar-refractivity contribution >= 4 is 5.91 Å². The van der Waals surface area contributed by atoms with E-state index in [2.05, 4.69) is 26.1 Å². The van der Waals surface area contributed by atoms with E-state index < -0.39 is 0 Å². The van der Waals surface area contributed by atoms with Crippen LogP contribution in [0, 0.1) is 5.92 Å². The van der Waals surface area contributed by atoms with Crippen molar-refractivity contribution in [1.82, 2.24) is 5.32 Å². The highest BCUT2D eigenvalue weighted by atomic mass is 16.1. The van der Waals surface area contributed by atoms with Gasteiger partial charge in [0.05, 0.1) is 0 Å². The van der Waals surface area contributed by atoms with Crippen molar-refractivity contribution < 1.29 is 4.79 Å². The maximum absolute atomic E-state index is 10.8. The van der Waals surface area contributed by atoms with E-state index in [-0.39, 0.29) is 5.91 Å². The summed E-state index contributed by atoms with van der Waals surface area (Å²) in [5.41, 5.74) is 0. The summed E-state index contributed by atoms with van der Waals surface area (Å²) in [4.78, 5) is 10.8. The lowest BCUT2D eigenvalue weighted by Gasteiger charge is -2.18. The van der Waals surface area contributed by atoms with E-state index in [1.165, 1.54) is 0 Å². The van der Waals surface area contributed by atoms with Gasteiger partial charge in [0.25, 0.3) is 0 Å². The maximum atomic E-state index is 10.8. The van der Waals surface area contributed by atoms with Gasteiger partial charge in [-0.15, -0.1) is 0 Å². The Morgan fingerprint density at radius 2 is 2.00 bits per heavy atom. The fourth-order valence-corrected chi connectivity index (χ4v) is 1.45. The van der Waals surface area contributed by atoms with Gasteiger partial charge in [-0.05, 0) is 18.8 Å². The number of carbonyl (C=O) groups is 1. The fourth-order valence-electron chi connectivity index (χ4n) is 1.45. The highest BCUT2D eigenvalue weighted by molar-refractivity contribution is 5.73. The van der Waals surface area contributed by atoms with Crippen LogP contribution in [0.5, 0.6) is 0 Å². The standard InChI is InChI=1S/C10H21NO/c1-5-6-10(7-8(2)3)11-9(4)12/h8,10H,5-7H2,1-4H3,(H,11,12). The molecule has 0 aromatic carbocycles. The van der Waals surface area contributed by atoms with Crippen molar-refractivity contribution in [1.29, 1.82) is 0 Å². The number of amides is 1. The van der Waals surface area contributed by atoms with Crippen molar-refractivity contribution in [2.24, 2.45) is 5.92 Å². The third-order valence-corrected chi connectivity index (χ3v) is 1.80. The van der Waals surface area contributed by atoms with Crippen LogP contribution in [-0.4, -0.2) is 11.9 Å². The SMILES string of the molecule is CCCC(CC(C)C)NC(C)=O. The summed E-state index contributed by atoms with van der Waals surface area (Å²) in [6.07, 6.45) is 3.32. The molecule has 12 heavy (non-hydrogen) atoms. The molecule has 0 spiro atoms. The summed E-state index contributed by atoms with van der Waals surface area (Å²) in [5, 5.41) is 2.97. The molecule has 0 aliphatic rings. The first-order chi connectivity index (χ1) is 5.56. The molecule has 2 nitrogen and oxygen atoms in total. The van der Waals surface area contributed by atoms with Gasteiger partial charge in [0.2, 0.25) is 5.91 Å². The van der Waals surface area contributed by atoms with Crippen LogP contribution in [0.4, 0.5) is 0 Å².